The van der Waals surface area contributed by atoms with Gasteiger partial charge in [-0.15, -0.1) is 11.8 Å². The van der Waals surface area contributed by atoms with Gasteiger partial charge in [-0.25, -0.2) is 0 Å². The van der Waals surface area contributed by atoms with Crippen molar-refractivity contribution in [3.63, 3.8) is 0 Å². The molecule has 0 bridgehead atoms. The molecule has 0 amide bonds. The van der Waals surface area contributed by atoms with Crippen LogP contribution < -0.4 is 5.32 Å². The summed E-state index contributed by atoms with van der Waals surface area (Å²) in [5.74, 6) is 2.17. The van der Waals surface area contributed by atoms with E-state index in [0.29, 0.717) is 4.87 Å². The lowest BCUT2D eigenvalue weighted by Crippen LogP contribution is -2.45. The molecule has 1 heterocycles. The highest BCUT2D eigenvalue weighted by molar-refractivity contribution is 8.00. The number of hydrogen-bond donors (Lipinski definition) is 1. The number of rotatable bonds is 1. The van der Waals surface area contributed by atoms with Gasteiger partial charge in [-0.3, -0.25) is 0 Å². The summed E-state index contributed by atoms with van der Waals surface area (Å²) in [7, 11) is 0. The monoisotopic (exact) mass is 159 g/mol. The molecule has 2 atom stereocenters. The van der Waals surface area contributed by atoms with Crippen molar-refractivity contribution in [3.8, 4) is 0 Å². The van der Waals surface area contributed by atoms with Crippen molar-refractivity contribution in [3.05, 3.63) is 0 Å². The van der Waals surface area contributed by atoms with E-state index in [1.165, 1.54) is 18.7 Å². The van der Waals surface area contributed by atoms with Gasteiger partial charge < -0.3 is 5.32 Å². The van der Waals surface area contributed by atoms with Crippen molar-refractivity contribution in [2.75, 3.05) is 12.3 Å². The standard InChI is InChI=1S/C8H17NS/c1-4-8(3)9-5-7(2)6-10-8/h7,9H,4-6H2,1-3H3. The molecule has 0 spiro atoms. The molecule has 0 aromatic rings. The summed E-state index contributed by atoms with van der Waals surface area (Å²) < 4.78 is 0. The predicted octanol–water partition coefficient (Wildman–Crippen LogP) is 2.09. The molecule has 1 aliphatic rings. The van der Waals surface area contributed by atoms with Crippen LogP contribution in [0.2, 0.25) is 0 Å². The second kappa shape index (κ2) is 3.14. The zero-order valence-corrected chi connectivity index (χ0v) is 7.92. The van der Waals surface area contributed by atoms with E-state index in [4.69, 9.17) is 0 Å². The topological polar surface area (TPSA) is 12.0 Å². The van der Waals surface area contributed by atoms with Gasteiger partial charge in [0.05, 0.1) is 4.87 Å². The lowest BCUT2D eigenvalue weighted by Gasteiger charge is -2.36. The highest BCUT2D eigenvalue weighted by Gasteiger charge is 2.27. The minimum atomic E-state index is 0.368. The van der Waals surface area contributed by atoms with E-state index < -0.39 is 0 Å². The van der Waals surface area contributed by atoms with Crippen LogP contribution in [-0.4, -0.2) is 17.2 Å². The SMILES string of the molecule is CCC1(C)NCC(C)CS1. The van der Waals surface area contributed by atoms with Crippen LogP contribution in [-0.2, 0) is 0 Å². The summed E-state index contributed by atoms with van der Waals surface area (Å²) in [5, 5.41) is 3.56. The molecule has 0 saturated carbocycles. The molecule has 1 N–H and O–H groups in total. The first kappa shape index (κ1) is 8.41. The van der Waals surface area contributed by atoms with Crippen LogP contribution in [0.4, 0.5) is 0 Å². The lowest BCUT2D eigenvalue weighted by atomic mass is 10.1. The molecule has 1 fully saturated rings. The zero-order valence-electron chi connectivity index (χ0n) is 7.11. The molecule has 1 nitrogen and oxygen atoms in total. The van der Waals surface area contributed by atoms with Crippen molar-refractivity contribution < 1.29 is 0 Å². The van der Waals surface area contributed by atoms with E-state index in [2.05, 4.69) is 37.8 Å². The van der Waals surface area contributed by atoms with Gasteiger partial charge in [-0.05, 0) is 31.6 Å². The third-order valence-corrected chi connectivity index (χ3v) is 3.99. The van der Waals surface area contributed by atoms with E-state index in [1.54, 1.807) is 0 Å². The summed E-state index contributed by atoms with van der Waals surface area (Å²) in [6, 6.07) is 0. The van der Waals surface area contributed by atoms with E-state index in [-0.39, 0.29) is 0 Å². The first-order chi connectivity index (χ1) is 4.66. The molecular weight excluding hydrogens is 142 g/mol. The Morgan fingerprint density at radius 3 is 2.80 bits per heavy atom. The summed E-state index contributed by atoms with van der Waals surface area (Å²) in [6.45, 7) is 8.03. The average molecular weight is 159 g/mol. The van der Waals surface area contributed by atoms with Gasteiger partial charge in [0.25, 0.3) is 0 Å². The van der Waals surface area contributed by atoms with Gasteiger partial charge in [0, 0.05) is 0 Å². The van der Waals surface area contributed by atoms with Crippen LogP contribution in [0.3, 0.4) is 0 Å². The van der Waals surface area contributed by atoms with Gasteiger partial charge in [-0.2, -0.15) is 0 Å². The Labute approximate surface area is 68.0 Å². The Balaban J connectivity index is 2.38. The summed E-state index contributed by atoms with van der Waals surface area (Å²) >= 11 is 2.06. The third-order valence-electron chi connectivity index (χ3n) is 2.19. The molecule has 0 aromatic heterocycles. The first-order valence-corrected chi connectivity index (χ1v) is 5.04. The highest BCUT2D eigenvalue weighted by atomic mass is 32.2. The Morgan fingerprint density at radius 2 is 2.40 bits per heavy atom. The third kappa shape index (κ3) is 1.89. The van der Waals surface area contributed by atoms with E-state index >= 15 is 0 Å². The molecule has 10 heavy (non-hydrogen) atoms. The maximum absolute atomic E-state index is 3.56. The van der Waals surface area contributed by atoms with Crippen LogP contribution in [0.5, 0.6) is 0 Å². The highest BCUT2D eigenvalue weighted by Crippen LogP contribution is 2.30. The normalized spacial score (nSPS) is 41.7. The summed E-state index contributed by atoms with van der Waals surface area (Å²) in [5.41, 5.74) is 0. The van der Waals surface area contributed by atoms with Crippen LogP contribution in [0.1, 0.15) is 27.2 Å². The maximum atomic E-state index is 3.56. The zero-order chi connectivity index (χ0) is 7.61. The molecule has 0 radical (unpaired) electrons. The Morgan fingerprint density at radius 1 is 1.70 bits per heavy atom. The van der Waals surface area contributed by atoms with Crippen LogP contribution >= 0.6 is 11.8 Å². The fourth-order valence-corrected chi connectivity index (χ4v) is 2.21. The minimum absolute atomic E-state index is 0.368. The molecular formula is C8H17NS. The summed E-state index contributed by atoms with van der Waals surface area (Å²) in [6.07, 6.45) is 1.23. The number of hydrogen-bond acceptors (Lipinski definition) is 2. The summed E-state index contributed by atoms with van der Waals surface area (Å²) in [4.78, 5) is 0.368. The molecule has 2 heteroatoms. The second-order valence-corrected chi connectivity index (χ2v) is 4.90. The lowest BCUT2D eigenvalue weighted by molar-refractivity contribution is 0.423. The van der Waals surface area contributed by atoms with Crippen molar-refractivity contribution >= 4 is 11.8 Å². The maximum Gasteiger partial charge on any atom is 0.0614 e. The van der Waals surface area contributed by atoms with Crippen LogP contribution in [0.15, 0.2) is 0 Å². The van der Waals surface area contributed by atoms with Crippen molar-refractivity contribution in [1.82, 2.24) is 5.32 Å². The van der Waals surface area contributed by atoms with Gasteiger partial charge in [0.15, 0.2) is 0 Å². The largest absolute Gasteiger partial charge is 0.303 e. The fraction of sp³-hybridized carbons (Fsp3) is 1.00. The quantitative estimate of drug-likeness (QED) is 0.628. The Hall–Kier alpha value is 0.310. The number of thioether (sulfide) groups is 1. The van der Waals surface area contributed by atoms with Crippen molar-refractivity contribution in [1.29, 1.82) is 0 Å². The van der Waals surface area contributed by atoms with E-state index in [0.717, 1.165) is 5.92 Å². The Kier molecular flexibility index (Phi) is 2.64. The van der Waals surface area contributed by atoms with Gasteiger partial charge in [0.1, 0.15) is 0 Å². The van der Waals surface area contributed by atoms with Crippen molar-refractivity contribution in [2.24, 2.45) is 5.92 Å². The average Bonchev–Trinajstić information content (AvgIpc) is 1.96. The molecule has 2 unspecified atom stereocenters. The van der Waals surface area contributed by atoms with Crippen LogP contribution in [0, 0.1) is 5.92 Å². The van der Waals surface area contributed by atoms with Crippen molar-refractivity contribution in [2.45, 2.75) is 32.1 Å². The van der Waals surface area contributed by atoms with E-state index in [1.807, 2.05) is 0 Å². The first-order valence-electron chi connectivity index (χ1n) is 4.05. The smallest absolute Gasteiger partial charge is 0.0614 e. The van der Waals surface area contributed by atoms with Crippen LogP contribution in [0.25, 0.3) is 0 Å². The molecule has 0 aliphatic carbocycles. The molecule has 1 saturated heterocycles. The Bertz CT molecular complexity index is 106. The predicted molar refractivity (Wildman–Crippen MR) is 48.3 cm³/mol. The second-order valence-electron chi connectivity index (χ2n) is 3.38. The minimum Gasteiger partial charge on any atom is -0.303 e. The molecule has 60 valence electrons. The molecule has 1 rings (SSSR count). The number of nitrogens with one attached hydrogen (secondary N) is 1. The molecule has 1 aliphatic heterocycles. The van der Waals surface area contributed by atoms with E-state index in [9.17, 15) is 0 Å². The van der Waals surface area contributed by atoms with Gasteiger partial charge in [-0.1, -0.05) is 13.8 Å². The fourth-order valence-electron chi connectivity index (χ4n) is 1.05. The van der Waals surface area contributed by atoms with Gasteiger partial charge in [0.2, 0.25) is 0 Å². The molecule has 0 aromatic carbocycles. The van der Waals surface area contributed by atoms with Gasteiger partial charge >= 0.3 is 0 Å².